The maximum absolute atomic E-state index is 6.11. The van der Waals surface area contributed by atoms with E-state index in [1.807, 2.05) is 127 Å². The Bertz CT molecular complexity index is 3090. The molecule has 0 atom stereocenters. The molecule has 66 heavy (non-hydrogen) atoms. The van der Waals surface area contributed by atoms with Crippen LogP contribution in [0.25, 0.3) is 77.9 Å². The van der Waals surface area contributed by atoms with Gasteiger partial charge in [-0.25, -0.2) is 19.0 Å². The maximum atomic E-state index is 6.11. The number of hydrogen-bond donors (Lipinski definition) is 1. The van der Waals surface area contributed by atoms with Crippen LogP contribution in [0, 0.1) is 13.8 Å². The lowest BCUT2D eigenvalue weighted by Crippen LogP contribution is -2.34. The predicted octanol–water partition coefficient (Wildman–Crippen LogP) is 10.5. The van der Waals surface area contributed by atoms with Gasteiger partial charge in [-0.3, -0.25) is 19.9 Å². The fourth-order valence-corrected chi connectivity index (χ4v) is 9.10. The highest BCUT2D eigenvalue weighted by Gasteiger charge is 2.18. The van der Waals surface area contributed by atoms with Gasteiger partial charge in [0.2, 0.25) is 0 Å². The molecule has 1 aliphatic heterocycles. The van der Waals surface area contributed by atoms with Crippen LogP contribution in [-0.2, 0) is 0 Å². The first-order chi connectivity index (χ1) is 32.5. The van der Waals surface area contributed by atoms with Gasteiger partial charge in [-0.2, -0.15) is 10.2 Å². The topological polar surface area (TPSA) is 142 Å². The van der Waals surface area contributed by atoms with Gasteiger partial charge in [-0.15, -0.1) is 0 Å². The van der Waals surface area contributed by atoms with Crippen LogP contribution < -0.4 is 14.8 Å². The van der Waals surface area contributed by atoms with Gasteiger partial charge < -0.3 is 14.8 Å². The van der Waals surface area contributed by atoms with E-state index in [-0.39, 0.29) is 6.10 Å². The van der Waals surface area contributed by atoms with Crippen molar-refractivity contribution in [2.24, 2.45) is 0 Å². The Morgan fingerprint density at radius 2 is 0.985 bits per heavy atom. The molecule has 0 unspecified atom stereocenters. The van der Waals surface area contributed by atoms with Crippen molar-refractivity contribution in [3.63, 3.8) is 0 Å². The van der Waals surface area contributed by atoms with E-state index in [0.717, 1.165) is 140 Å². The predicted molar refractivity (Wildman–Crippen MR) is 257 cm³/mol. The van der Waals surface area contributed by atoms with Gasteiger partial charge in [0.05, 0.1) is 53.3 Å². The second-order valence-corrected chi connectivity index (χ2v) is 17.2. The highest BCUT2D eigenvalue weighted by Crippen LogP contribution is 2.33. The third-order valence-electron chi connectivity index (χ3n) is 12.5. The molecule has 1 saturated heterocycles. The zero-order valence-electron chi connectivity index (χ0n) is 37.0. The van der Waals surface area contributed by atoms with E-state index in [1.54, 1.807) is 6.20 Å². The molecule has 0 bridgehead atoms. The van der Waals surface area contributed by atoms with E-state index in [9.17, 15) is 0 Å². The van der Waals surface area contributed by atoms with Crippen LogP contribution >= 0.6 is 0 Å². The van der Waals surface area contributed by atoms with Crippen molar-refractivity contribution >= 4 is 33.1 Å². The van der Waals surface area contributed by atoms with Crippen molar-refractivity contribution in [2.45, 2.75) is 71.0 Å². The minimum Gasteiger partial charge on any atom is -0.489 e. The SMILES string of the molecule is Cc1ccc2c(-c3cnn4cc(-c5ccc(OC6CCCCC6)cn5)cnc34)cccc2n1.Cc1ccc2c(-c3cnn4cc(-c5ccc(OC6CCNCC6)cn5)cnc34)cccc2n1. The number of piperidine rings is 1. The van der Waals surface area contributed by atoms with Crippen LogP contribution in [0.5, 0.6) is 11.5 Å². The van der Waals surface area contributed by atoms with Gasteiger partial charge in [0.15, 0.2) is 11.3 Å². The van der Waals surface area contributed by atoms with Gasteiger partial charge >= 0.3 is 0 Å². The third-order valence-corrected chi connectivity index (χ3v) is 12.5. The average molecular weight is 872 g/mol. The number of ether oxygens (including phenoxy) is 2. The van der Waals surface area contributed by atoms with E-state index in [0.29, 0.717) is 6.10 Å². The van der Waals surface area contributed by atoms with Crippen molar-refractivity contribution in [3.8, 4) is 56.3 Å². The lowest BCUT2D eigenvalue weighted by atomic mass is 9.98. The van der Waals surface area contributed by atoms with Crippen LogP contribution in [0.2, 0.25) is 0 Å². The van der Waals surface area contributed by atoms with Gasteiger partial charge in [-0.1, -0.05) is 42.8 Å². The van der Waals surface area contributed by atoms with E-state index in [4.69, 9.17) is 19.4 Å². The molecule has 1 saturated carbocycles. The molecule has 2 fully saturated rings. The largest absolute Gasteiger partial charge is 0.489 e. The second-order valence-electron chi connectivity index (χ2n) is 17.2. The summed E-state index contributed by atoms with van der Waals surface area (Å²) in [7, 11) is 0. The van der Waals surface area contributed by atoms with E-state index in [2.05, 4.69) is 59.7 Å². The summed E-state index contributed by atoms with van der Waals surface area (Å²) in [5.74, 6) is 1.64. The lowest BCUT2D eigenvalue weighted by Gasteiger charge is -2.23. The number of aromatic nitrogens is 10. The molecule has 13 heteroatoms. The molecule has 0 spiro atoms. The van der Waals surface area contributed by atoms with Crippen molar-refractivity contribution in [2.75, 3.05) is 13.1 Å². The van der Waals surface area contributed by atoms with E-state index >= 15 is 0 Å². The summed E-state index contributed by atoms with van der Waals surface area (Å²) in [5, 5.41) is 14.7. The summed E-state index contributed by atoms with van der Waals surface area (Å²) < 4.78 is 15.8. The number of aryl methyl sites for hydroxylation is 2. The van der Waals surface area contributed by atoms with Gasteiger partial charge in [0.25, 0.3) is 0 Å². The lowest BCUT2D eigenvalue weighted by molar-refractivity contribution is 0.154. The van der Waals surface area contributed by atoms with Crippen LogP contribution in [0.3, 0.4) is 0 Å². The number of rotatable bonds is 8. The van der Waals surface area contributed by atoms with Crippen molar-refractivity contribution in [1.82, 2.24) is 54.4 Å². The van der Waals surface area contributed by atoms with Crippen LogP contribution in [0.1, 0.15) is 56.3 Å². The Morgan fingerprint density at radius 3 is 1.47 bits per heavy atom. The first-order valence-electron chi connectivity index (χ1n) is 22.9. The second kappa shape index (κ2) is 18.1. The monoisotopic (exact) mass is 871 g/mol. The van der Waals surface area contributed by atoms with Crippen LogP contribution in [0.4, 0.5) is 0 Å². The zero-order chi connectivity index (χ0) is 44.4. The molecule has 10 aromatic rings. The number of nitrogens with one attached hydrogen (secondary N) is 1. The van der Waals surface area contributed by atoms with Crippen molar-refractivity contribution in [3.05, 3.63) is 146 Å². The van der Waals surface area contributed by atoms with Gasteiger partial charge in [0.1, 0.15) is 17.6 Å². The fraction of sp³-hybridized carbons (Fsp3) is 0.245. The minimum atomic E-state index is 0.257. The quantitative estimate of drug-likeness (QED) is 0.156. The number of hydrogen-bond acceptors (Lipinski definition) is 11. The molecule has 1 N–H and O–H groups in total. The molecule has 8 aromatic heterocycles. The summed E-state index contributed by atoms with van der Waals surface area (Å²) in [6, 6.07) is 28.6. The highest BCUT2D eigenvalue weighted by atomic mass is 16.5. The number of fused-ring (bicyclic) bond motifs is 4. The molecule has 12 rings (SSSR count). The molecule has 0 amide bonds. The number of nitrogens with zero attached hydrogens (tertiary/aromatic N) is 10. The summed E-state index contributed by atoms with van der Waals surface area (Å²) >= 11 is 0. The highest BCUT2D eigenvalue weighted by molar-refractivity contribution is 5.99. The molecular formula is C53H49N11O2. The Labute approximate surface area is 382 Å². The minimum absolute atomic E-state index is 0.257. The molecule has 9 heterocycles. The van der Waals surface area contributed by atoms with Gasteiger partial charge in [-0.05, 0) is 125 Å². The van der Waals surface area contributed by atoms with Gasteiger partial charge in [0, 0.05) is 69.2 Å². The van der Waals surface area contributed by atoms with E-state index < -0.39 is 0 Å². The molecule has 13 nitrogen and oxygen atoms in total. The Morgan fingerprint density at radius 1 is 0.485 bits per heavy atom. The fourth-order valence-electron chi connectivity index (χ4n) is 9.10. The molecular weight excluding hydrogens is 823 g/mol. The molecule has 2 aromatic carbocycles. The normalized spacial score (nSPS) is 14.7. The Kier molecular flexibility index (Phi) is 11.3. The number of pyridine rings is 4. The molecule has 328 valence electrons. The molecule has 2 aliphatic rings. The molecule has 0 radical (unpaired) electrons. The summed E-state index contributed by atoms with van der Waals surface area (Å²) in [5.41, 5.74) is 13.2. The van der Waals surface area contributed by atoms with Crippen molar-refractivity contribution in [1.29, 1.82) is 0 Å². The van der Waals surface area contributed by atoms with Crippen LogP contribution in [-0.4, -0.2) is 74.4 Å². The zero-order valence-corrected chi connectivity index (χ0v) is 37.0. The summed E-state index contributed by atoms with van der Waals surface area (Å²) in [4.78, 5) is 28.0. The average Bonchev–Trinajstić information content (AvgIpc) is 3.99. The van der Waals surface area contributed by atoms with Crippen LogP contribution in [0.15, 0.2) is 135 Å². The summed E-state index contributed by atoms with van der Waals surface area (Å²) in [6.45, 7) is 6.02. The number of benzene rings is 2. The Hall–Kier alpha value is -7.64. The first kappa shape index (κ1) is 41.1. The maximum Gasteiger partial charge on any atom is 0.162 e. The molecule has 1 aliphatic carbocycles. The third kappa shape index (κ3) is 8.52. The first-order valence-corrected chi connectivity index (χ1v) is 22.9. The van der Waals surface area contributed by atoms with Crippen molar-refractivity contribution < 1.29 is 9.47 Å². The standard InChI is InChI=1S/C27H25N5O.C26H24N6O/c1-18-10-12-23-22(8-5-9-26(23)31-18)24-16-30-32-17-19(14-29-27(24)32)25-13-11-21(15-28-25)33-20-6-3-2-4-7-20;1-17-5-7-22-21(3-2-4-25(22)31-17)23-15-30-32-16-18(13-29-26(23)32)24-8-6-20(14-28-24)33-19-9-11-27-12-10-19/h5,8-17,20H,2-4,6-7H2,1H3;2-8,13-16,19,27H,9-12H2,1H3. The summed E-state index contributed by atoms with van der Waals surface area (Å²) in [6.07, 6.45) is 23.7. The Balaban J connectivity index is 0.000000146. The van der Waals surface area contributed by atoms with E-state index in [1.165, 1.54) is 19.3 Å². The smallest absolute Gasteiger partial charge is 0.162 e.